The van der Waals surface area contributed by atoms with Gasteiger partial charge in [0.05, 0.1) is 5.56 Å². The van der Waals surface area contributed by atoms with Crippen LogP contribution in [0.5, 0.6) is 5.75 Å². The van der Waals surface area contributed by atoms with E-state index >= 15 is 0 Å². The van der Waals surface area contributed by atoms with Gasteiger partial charge in [-0.3, -0.25) is 4.79 Å². The standard InChI is InChI=1S/C20H13F2NO3/c21-17-11-6-14(12-18(17)22)20(25)26-16-9-7-15(8-10-16)23-19(24)13-4-2-1-3-5-13/h1-12H,(H,23,24). The van der Waals surface area contributed by atoms with Crippen LogP contribution in [0.2, 0.25) is 0 Å². The lowest BCUT2D eigenvalue weighted by Gasteiger charge is -2.08. The van der Waals surface area contributed by atoms with Gasteiger partial charge in [0.15, 0.2) is 11.6 Å². The third kappa shape index (κ3) is 4.10. The van der Waals surface area contributed by atoms with Gasteiger partial charge in [-0.2, -0.15) is 0 Å². The molecule has 0 aliphatic rings. The zero-order valence-electron chi connectivity index (χ0n) is 13.4. The highest BCUT2D eigenvalue weighted by Crippen LogP contribution is 2.18. The molecule has 0 bridgehead atoms. The summed E-state index contributed by atoms with van der Waals surface area (Å²) in [6.07, 6.45) is 0. The fraction of sp³-hybridized carbons (Fsp3) is 0. The monoisotopic (exact) mass is 353 g/mol. The fourth-order valence-electron chi connectivity index (χ4n) is 2.19. The quantitative estimate of drug-likeness (QED) is 0.557. The largest absolute Gasteiger partial charge is 0.423 e. The minimum atomic E-state index is -1.13. The number of carbonyl (C=O) groups is 2. The van der Waals surface area contributed by atoms with Crippen molar-refractivity contribution in [2.45, 2.75) is 0 Å². The van der Waals surface area contributed by atoms with Gasteiger partial charge in [0.2, 0.25) is 0 Å². The summed E-state index contributed by atoms with van der Waals surface area (Å²) >= 11 is 0. The third-order valence-corrected chi connectivity index (χ3v) is 3.51. The summed E-state index contributed by atoms with van der Waals surface area (Å²) in [5.74, 6) is -3.04. The maximum Gasteiger partial charge on any atom is 0.343 e. The number of rotatable bonds is 4. The maximum absolute atomic E-state index is 13.2. The Balaban J connectivity index is 1.65. The van der Waals surface area contributed by atoms with Crippen molar-refractivity contribution in [3.63, 3.8) is 0 Å². The predicted octanol–water partition coefficient (Wildman–Crippen LogP) is 4.44. The molecule has 0 atom stereocenters. The molecule has 1 N–H and O–H groups in total. The molecule has 0 fully saturated rings. The van der Waals surface area contributed by atoms with Crippen molar-refractivity contribution in [2.75, 3.05) is 5.32 Å². The maximum atomic E-state index is 13.2. The Morgan fingerprint density at radius 1 is 0.769 bits per heavy atom. The van der Waals surface area contributed by atoms with E-state index in [4.69, 9.17) is 4.74 Å². The van der Waals surface area contributed by atoms with E-state index in [0.29, 0.717) is 11.3 Å². The summed E-state index contributed by atoms with van der Waals surface area (Å²) in [6.45, 7) is 0. The second kappa shape index (κ2) is 7.57. The smallest absolute Gasteiger partial charge is 0.343 e. The molecule has 0 radical (unpaired) electrons. The second-order valence-electron chi connectivity index (χ2n) is 5.36. The predicted molar refractivity (Wildman–Crippen MR) is 92.2 cm³/mol. The van der Waals surface area contributed by atoms with Crippen LogP contribution < -0.4 is 10.1 Å². The van der Waals surface area contributed by atoms with Gasteiger partial charge in [0.1, 0.15) is 5.75 Å². The highest BCUT2D eigenvalue weighted by atomic mass is 19.2. The van der Waals surface area contributed by atoms with E-state index in [1.54, 1.807) is 36.4 Å². The molecule has 3 aromatic carbocycles. The molecule has 0 aromatic heterocycles. The first-order valence-corrected chi connectivity index (χ1v) is 7.66. The topological polar surface area (TPSA) is 55.4 Å². The lowest BCUT2D eigenvalue weighted by Crippen LogP contribution is -2.12. The van der Waals surface area contributed by atoms with Gasteiger partial charge in [-0.25, -0.2) is 13.6 Å². The van der Waals surface area contributed by atoms with E-state index in [1.165, 1.54) is 12.1 Å². The molecular formula is C20H13F2NO3. The van der Waals surface area contributed by atoms with Crippen LogP contribution in [0.15, 0.2) is 72.8 Å². The van der Waals surface area contributed by atoms with Gasteiger partial charge < -0.3 is 10.1 Å². The molecule has 130 valence electrons. The zero-order chi connectivity index (χ0) is 18.5. The lowest BCUT2D eigenvalue weighted by molar-refractivity contribution is 0.0734. The number of ether oxygens (including phenoxy) is 1. The van der Waals surface area contributed by atoms with Gasteiger partial charge in [-0.1, -0.05) is 18.2 Å². The Labute approximate surface area is 148 Å². The van der Waals surface area contributed by atoms with E-state index < -0.39 is 17.6 Å². The third-order valence-electron chi connectivity index (χ3n) is 3.51. The molecule has 3 rings (SSSR count). The zero-order valence-corrected chi connectivity index (χ0v) is 13.4. The Morgan fingerprint density at radius 3 is 2.12 bits per heavy atom. The molecule has 0 heterocycles. The van der Waals surface area contributed by atoms with E-state index in [2.05, 4.69) is 5.32 Å². The molecular weight excluding hydrogens is 340 g/mol. The second-order valence-corrected chi connectivity index (χ2v) is 5.36. The van der Waals surface area contributed by atoms with Crippen LogP contribution in [0.1, 0.15) is 20.7 Å². The SMILES string of the molecule is O=C(Nc1ccc(OC(=O)c2ccc(F)c(F)c2)cc1)c1ccccc1. The summed E-state index contributed by atoms with van der Waals surface area (Å²) in [4.78, 5) is 24.0. The Kier molecular flexibility index (Phi) is 5.03. The molecule has 1 amide bonds. The van der Waals surface area contributed by atoms with Crippen molar-refractivity contribution >= 4 is 17.6 Å². The van der Waals surface area contributed by atoms with Crippen LogP contribution in [0.4, 0.5) is 14.5 Å². The first-order chi connectivity index (χ1) is 12.5. The van der Waals surface area contributed by atoms with Crippen LogP contribution in [0.25, 0.3) is 0 Å². The van der Waals surface area contributed by atoms with Crippen LogP contribution in [0, 0.1) is 11.6 Å². The van der Waals surface area contributed by atoms with Gasteiger partial charge in [0.25, 0.3) is 5.91 Å². The minimum Gasteiger partial charge on any atom is -0.423 e. The minimum absolute atomic E-state index is 0.106. The van der Waals surface area contributed by atoms with Crippen LogP contribution in [0.3, 0.4) is 0 Å². The van der Waals surface area contributed by atoms with E-state index in [-0.39, 0.29) is 17.2 Å². The summed E-state index contributed by atoms with van der Waals surface area (Å²) in [5.41, 5.74) is 0.929. The highest BCUT2D eigenvalue weighted by molar-refractivity contribution is 6.04. The molecule has 0 aliphatic heterocycles. The van der Waals surface area contributed by atoms with Crippen LogP contribution in [-0.2, 0) is 0 Å². The first-order valence-electron chi connectivity index (χ1n) is 7.66. The van der Waals surface area contributed by atoms with E-state index in [9.17, 15) is 18.4 Å². The number of benzene rings is 3. The van der Waals surface area contributed by atoms with Crippen LogP contribution >= 0.6 is 0 Å². The number of esters is 1. The summed E-state index contributed by atoms with van der Waals surface area (Å²) in [6, 6.07) is 17.6. The molecule has 0 unspecified atom stereocenters. The highest BCUT2D eigenvalue weighted by Gasteiger charge is 2.12. The average molecular weight is 353 g/mol. The number of hydrogen-bond acceptors (Lipinski definition) is 3. The normalized spacial score (nSPS) is 10.2. The summed E-state index contributed by atoms with van der Waals surface area (Å²) in [7, 11) is 0. The van der Waals surface area contributed by atoms with Gasteiger partial charge >= 0.3 is 5.97 Å². The fourth-order valence-corrected chi connectivity index (χ4v) is 2.19. The average Bonchev–Trinajstić information content (AvgIpc) is 2.66. The number of nitrogens with one attached hydrogen (secondary N) is 1. The molecule has 3 aromatic rings. The number of amides is 1. The lowest BCUT2D eigenvalue weighted by atomic mass is 10.2. The number of carbonyl (C=O) groups excluding carboxylic acids is 2. The van der Waals surface area contributed by atoms with Crippen molar-refractivity contribution in [3.05, 3.63) is 95.6 Å². The summed E-state index contributed by atoms with van der Waals surface area (Å²) < 4.78 is 31.2. The molecule has 4 nitrogen and oxygen atoms in total. The summed E-state index contributed by atoms with van der Waals surface area (Å²) in [5, 5.41) is 2.71. The number of hydrogen-bond donors (Lipinski definition) is 1. The molecule has 0 saturated heterocycles. The Bertz CT molecular complexity index is 941. The van der Waals surface area contributed by atoms with Crippen molar-refractivity contribution in [2.24, 2.45) is 0 Å². The van der Waals surface area contributed by atoms with Crippen molar-refractivity contribution in [1.82, 2.24) is 0 Å². The number of anilines is 1. The molecule has 6 heteroatoms. The van der Waals surface area contributed by atoms with Crippen LogP contribution in [-0.4, -0.2) is 11.9 Å². The molecule has 26 heavy (non-hydrogen) atoms. The van der Waals surface area contributed by atoms with E-state index in [0.717, 1.165) is 18.2 Å². The molecule has 0 saturated carbocycles. The van der Waals surface area contributed by atoms with Crippen molar-refractivity contribution in [3.8, 4) is 5.75 Å². The van der Waals surface area contributed by atoms with Gasteiger partial charge in [-0.05, 0) is 54.6 Å². The van der Waals surface area contributed by atoms with Gasteiger partial charge in [0, 0.05) is 11.3 Å². The van der Waals surface area contributed by atoms with Gasteiger partial charge in [-0.15, -0.1) is 0 Å². The molecule has 0 aliphatic carbocycles. The van der Waals surface area contributed by atoms with Crippen molar-refractivity contribution in [1.29, 1.82) is 0 Å². The van der Waals surface area contributed by atoms with Crippen molar-refractivity contribution < 1.29 is 23.1 Å². The Morgan fingerprint density at radius 2 is 1.46 bits per heavy atom. The molecule has 0 spiro atoms. The first kappa shape index (κ1) is 17.3. The number of halogens is 2. The Hall–Kier alpha value is -3.54. The van der Waals surface area contributed by atoms with E-state index in [1.807, 2.05) is 6.07 Å².